The number of rotatable bonds is 4. The summed E-state index contributed by atoms with van der Waals surface area (Å²) >= 11 is 1.47. The van der Waals surface area contributed by atoms with Gasteiger partial charge in [0.1, 0.15) is 0 Å². The van der Waals surface area contributed by atoms with Gasteiger partial charge in [0.25, 0.3) is 0 Å². The summed E-state index contributed by atoms with van der Waals surface area (Å²) < 4.78 is 5.02. The molecule has 0 saturated carbocycles. The molecule has 4 nitrogen and oxygen atoms in total. The van der Waals surface area contributed by atoms with Gasteiger partial charge in [-0.05, 0) is 12.5 Å². The maximum atomic E-state index is 11.7. The number of fused-ring (bicyclic) bond motifs is 1. The molecule has 0 aliphatic carbocycles. The van der Waals surface area contributed by atoms with E-state index in [1.807, 2.05) is 13.0 Å². The lowest BCUT2D eigenvalue weighted by Gasteiger charge is -2.25. The van der Waals surface area contributed by atoms with Gasteiger partial charge in [-0.2, -0.15) is 0 Å². The molecule has 1 aliphatic heterocycles. The molecular formula is C16H18N2O2S. The molecule has 3 rings (SSSR count). The predicted molar refractivity (Wildman–Crippen MR) is 82.3 cm³/mol. The van der Waals surface area contributed by atoms with Crippen LogP contribution >= 0.6 is 11.3 Å². The molecule has 0 bridgehead atoms. The van der Waals surface area contributed by atoms with Crippen molar-refractivity contribution in [2.45, 2.75) is 26.4 Å². The van der Waals surface area contributed by atoms with Crippen molar-refractivity contribution in [2.75, 3.05) is 13.2 Å². The number of thiazole rings is 1. The highest BCUT2D eigenvalue weighted by molar-refractivity contribution is 7.13. The Bertz CT molecular complexity index is 624. The Labute approximate surface area is 128 Å². The predicted octanol–water partition coefficient (Wildman–Crippen LogP) is 2.88. The molecule has 5 heteroatoms. The van der Waals surface area contributed by atoms with Gasteiger partial charge in [-0.25, -0.2) is 9.78 Å². The van der Waals surface area contributed by atoms with Gasteiger partial charge in [-0.3, -0.25) is 4.90 Å². The van der Waals surface area contributed by atoms with E-state index in [0.29, 0.717) is 11.6 Å². The quantitative estimate of drug-likeness (QED) is 0.815. The van der Waals surface area contributed by atoms with Gasteiger partial charge >= 0.3 is 5.97 Å². The van der Waals surface area contributed by atoms with Crippen LogP contribution in [0.3, 0.4) is 0 Å². The Balaban J connectivity index is 1.69. The van der Waals surface area contributed by atoms with E-state index in [0.717, 1.165) is 31.7 Å². The number of carbonyl (C=O) groups is 1. The molecule has 0 unspecified atom stereocenters. The van der Waals surface area contributed by atoms with E-state index in [1.54, 1.807) is 0 Å². The van der Waals surface area contributed by atoms with E-state index in [1.165, 1.54) is 21.8 Å². The number of nitrogens with zero attached hydrogens (tertiary/aromatic N) is 2. The molecule has 0 saturated heterocycles. The minimum atomic E-state index is -0.300. The maximum Gasteiger partial charge on any atom is 0.367 e. The van der Waals surface area contributed by atoms with Crippen molar-refractivity contribution in [3.05, 3.63) is 51.5 Å². The van der Waals surface area contributed by atoms with Gasteiger partial charge < -0.3 is 4.74 Å². The molecule has 0 fully saturated rings. The van der Waals surface area contributed by atoms with Crippen molar-refractivity contribution in [1.82, 2.24) is 9.88 Å². The topological polar surface area (TPSA) is 42.4 Å². The molecule has 1 aliphatic rings. The second kappa shape index (κ2) is 6.37. The van der Waals surface area contributed by atoms with Crippen LogP contribution in [0, 0.1) is 0 Å². The summed E-state index contributed by atoms with van der Waals surface area (Å²) in [5.41, 5.74) is 2.38. The van der Waals surface area contributed by atoms with Gasteiger partial charge in [0.15, 0.2) is 0 Å². The SMILES string of the molecule is CCOC(=O)c1nc2c(s1)CN(Cc1ccccc1)CC2. The molecule has 0 radical (unpaired) electrons. The van der Waals surface area contributed by atoms with E-state index in [4.69, 9.17) is 4.74 Å². The van der Waals surface area contributed by atoms with E-state index in [-0.39, 0.29) is 5.97 Å². The summed E-state index contributed by atoms with van der Waals surface area (Å²) in [4.78, 5) is 19.8. The zero-order chi connectivity index (χ0) is 14.7. The molecule has 1 aromatic carbocycles. The molecule has 0 atom stereocenters. The molecule has 0 spiro atoms. The second-order valence-corrected chi connectivity index (χ2v) is 6.14. The van der Waals surface area contributed by atoms with Crippen LogP contribution in [-0.2, 0) is 24.2 Å². The smallest absolute Gasteiger partial charge is 0.367 e. The van der Waals surface area contributed by atoms with Crippen LogP contribution in [0.25, 0.3) is 0 Å². The zero-order valence-corrected chi connectivity index (χ0v) is 12.9. The largest absolute Gasteiger partial charge is 0.461 e. The molecule has 2 heterocycles. The molecule has 0 N–H and O–H groups in total. The standard InChI is InChI=1S/C16H18N2O2S/c1-2-20-16(19)15-17-13-8-9-18(11-14(13)21-15)10-12-6-4-3-5-7-12/h3-7H,2,8-11H2,1H3. The van der Waals surface area contributed by atoms with E-state index < -0.39 is 0 Å². The van der Waals surface area contributed by atoms with E-state index in [2.05, 4.69) is 34.1 Å². The number of esters is 1. The minimum absolute atomic E-state index is 0.300. The van der Waals surface area contributed by atoms with Crippen molar-refractivity contribution < 1.29 is 9.53 Å². The fraction of sp³-hybridized carbons (Fsp3) is 0.375. The lowest BCUT2D eigenvalue weighted by molar-refractivity contribution is 0.0525. The number of hydrogen-bond acceptors (Lipinski definition) is 5. The third kappa shape index (κ3) is 3.31. The lowest BCUT2D eigenvalue weighted by Crippen LogP contribution is -2.29. The Kier molecular flexibility index (Phi) is 4.31. The van der Waals surface area contributed by atoms with Crippen LogP contribution in [0.15, 0.2) is 30.3 Å². The summed E-state index contributed by atoms with van der Waals surface area (Å²) in [6, 6.07) is 10.5. The normalized spacial score (nSPS) is 14.7. The van der Waals surface area contributed by atoms with Crippen LogP contribution in [0.1, 0.15) is 32.9 Å². The first-order valence-corrected chi connectivity index (χ1v) is 8.00. The summed E-state index contributed by atoms with van der Waals surface area (Å²) in [7, 11) is 0. The molecule has 0 amide bonds. The third-order valence-electron chi connectivity index (χ3n) is 3.51. The fourth-order valence-electron chi connectivity index (χ4n) is 2.51. The Morgan fingerprint density at radius 2 is 2.19 bits per heavy atom. The van der Waals surface area contributed by atoms with Crippen LogP contribution < -0.4 is 0 Å². The molecule has 1 aromatic heterocycles. The van der Waals surface area contributed by atoms with Gasteiger partial charge in [0.2, 0.25) is 5.01 Å². The highest BCUT2D eigenvalue weighted by Gasteiger charge is 2.23. The number of aromatic nitrogens is 1. The van der Waals surface area contributed by atoms with E-state index >= 15 is 0 Å². The van der Waals surface area contributed by atoms with Gasteiger partial charge in [-0.1, -0.05) is 30.3 Å². The van der Waals surface area contributed by atoms with Crippen LogP contribution in [0.4, 0.5) is 0 Å². The number of benzene rings is 1. The zero-order valence-electron chi connectivity index (χ0n) is 12.0. The van der Waals surface area contributed by atoms with Gasteiger partial charge in [0, 0.05) is 30.9 Å². The first-order valence-electron chi connectivity index (χ1n) is 7.18. The average molecular weight is 302 g/mol. The molecule has 110 valence electrons. The monoisotopic (exact) mass is 302 g/mol. The molecule has 2 aromatic rings. The number of hydrogen-bond donors (Lipinski definition) is 0. The van der Waals surface area contributed by atoms with Gasteiger partial charge in [-0.15, -0.1) is 11.3 Å². The first kappa shape index (κ1) is 14.2. The van der Waals surface area contributed by atoms with Crippen LogP contribution in [0.2, 0.25) is 0 Å². The van der Waals surface area contributed by atoms with Crippen molar-refractivity contribution in [2.24, 2.45) is 0 Å². The summed E-state index contributed by atoms with van der Waals surface area (Å²) in [6.07, 6.45) is 0.901. The Morgan fingerprint density at radius 3 is 2.95 bits per heavy atom. The van der Waals surface area contributed by atoms with Crippen molar-refractivity contribution in [3.8, 4) is 0 Å². The number of carbonyl (C=O) groups excluding carboxylic acids is 1. The average Bonchev–Trinajstić information content (AvgIpc) is 2.92. The highest BCUT2D eigenvalue weighted by Crippen LogP contribution is 2.26. The molecular weight excluding hydrogens is 284 g/mol. The third-order valence-corrected chi connectivity index (χ3v) is 4.57. The van der Waals surface area contributed by atoms with Crippen molar-refractivity contribution in [3.63, 3.8) is 0 Å². The minimum Gasteiger partial charge on any atom is -0.461 e. The second-order valence-electron chi connectivity index (χ2n) is 5.06. The molecule has 21 heavy (non-hydrogen) atoms. The summed E-state index contributed by atoms with van der Waals surface area (Å²) in [5, 5.41) is 0.489. The fourth-order valence-corrected chi connectivity index (χ4v) is 3.55. The van der Waals surface area contributed by atoms with Gasteiger partial charge in [0.05, 0.1) is 12.3 Å². The van der Waals surface area contributed by atoms with E-state index in [9.17, 15) is 4.79 Å². The Morgan fingerprint density at radius 1 is 1.38 bits per heavy atom. The lowest BCUT2D eigenvalue weighted by atomic mass is 10.1. The summed E-state index contributed by atoms with van der Waals surface area (Å²) in [6.45, 7) is 4.98. The van der Waals surface area contributed by atoms with Crippen LogP contribution in [0.5, 0.6) is 0 Å². The summed E-state index contributed by atoms with van der Waals surface area (Å²) in [5.74, 6) is -0.300. The van der Waals surface area contributed by atoms with Crippen molar-refractivity contribution >= 4 is 17.3 Å². The Hall–Kier alpha value is -1.72. The maximum absolute atomic E-state index is 11.7. The van der Waals surface area contributed by atoms with Crippen LogP contribution in [-0.4, -0.2) is 29.0 Å². The van der Waals surface area contributed by atoms with Crippen molar-refractivity contribution in [1.29, 1.82) is 0 Å². The highest BCUT2D eigenvalue weighted by atomic mass is 32.1. The first-order chi connectivity index (χ1) is 10.3. The number of ether oxygens (including phenoxy) is 1.